The largest absolute Gasteiger partial charge is 0.482 e. The Labute approximate surface area is 149 Å². The third-order valence-electron chi connectivity index (χ3n) is 4.02. The third-order valence-corrected chi connectivity index (χ3v) is 4.02. The van der Waals surface area contributed by atoms with Crippen molar-refractivity contribution in [2.24, 2.45) is 0 Å². The lowest BCUT2D eigenvalue weighted by molar-refractivity contribution is 0.196. The average molecular weight is 358 g/mol. The van der Waals surface area contributed by atoms with Crippen molar-refractivity contribution in [1.29, 1.82) is 0 Å². The zero-order chi connectivity index (χ0) is 18.7. The van der Waals surface area contributed by atoms with Crippen LogP contribution in [0.5, 0.6) is 5.75 Å². The summed E-state index contributed by atoms with van der Waals surface area (Å²) in [6.07, 6.45) is 1.10. The van der Waals surface area contributed by atoms with Gasteiger partial charge in [-0.25, -0.2) is 18.2 Å². The normalized spacial score (nSPS) is 12.0. The Hall–Kier alpha value is -3.02. The number of nitrogens with zero attached hydrogens (tertiary/aromatic N) is 1. The molecule has 0 saturated carbocycles. The number of aromatic nitrogens is 1. The SMILES string of the molecule is CCC(Oc1cc(-c2ccccc2)cnc1N)c1cc(F)c(F)cc1F. The maximum Gasteiger partial charge on any atom is 0.166 e. The van der Waals surface area contributed by atoms with E-state index in [1.54, 1.807) is 19.2 Å². The van der Waals surface area contributed by atoms with Crippen LogP contribution in [0.3, 0.4) is 0 Å². The zero-order valence-corrected chi connectivity index (χ0v) is 14.0. The molecule has 0 amide bonds. The van der Waals surface area contributed by atoms with Crippen molar-refractivity contribution in [3.05, 3.63) is 77.7 Å². The Morgan fingerprint density at radius 2 is 1.65 bits per heavy atom. The summed E-state index contributed by atoms with van der Waals surface area (Å²) in [6, 6.07) is 12.5. The van der Waals surface area contributed by atoms with E-state index in [-0.39, 0.29) is 17.1 Å². The molecule has 0 aliphatic heterocycles. The molecule has 1 unspecified atom stereocenters. The van der Waals surface area contributed by atoms with Gasteiger partial charge in [0.05, 0.1) is 0 Å². The highest BCUT2D eigenvalue weighted by molar-refractivity contribution is 5.66. The second-order valence-electron chi connectivity index (χ2n) is 5.78. The van der Waals surface area contributed by atoms with Gasteiger partial charge in [0, 0.05) is 23.4 Å². The molecule has 0 saturated heterocycles. The minimum absolute atomic E-state index is 0.0732. The zero-order valence-electron chi connectivity index (χ0n) is 14.0. The van der Waals surface area contributed by atoms with Crippen LogP contribution in [0.15, 0.2) is 54.7 Å². The minimum Gasteiger partial charge on any atom is -0.482 e. The highest BCUT2D eigenvalue weighted by Gasteiger charge is 2.20. The summed E-state index contributed by atoms with van der Waals surface area (Å²) in [6.45, 7) is 1.75. The fourth-order valence-corrected chi connectivity index (χ4v) is 2.64. The first-order chi connectivity index (χ1) is 12.5. The van der Waals surface area contributed by atoms with Crippen molar-refractivity contribution >= 4 is 5.82 Å². The van der Waals surface area contributed by atoms with Gasteiger partial charge in [0.2, 0.25) is 0 Å². The van der Waals surface area contributed by atoms with Crippen LogP contribution < -0.4 is 10.5 Å². The van der Waals surface area contributed by atoms with Crippen molar-refractivity contribution < 1.29 is 17.9 Å². The number of hydrogen-bond acceptors (Lipinski definition) is 3. The number of anilines is 1. The Morgan fingerprint density at radius 1 is 0.962 bits per heavy atom. The van der Waals surface area contributed by atoms with Crippen LogP contribution in [0.1, 0.15) is 25.0 Å². The molecule has 1 atom stereocenters. The van der Waals surface area contributed by atoms with Gasteiger partial charge in [-0.3, -0.25) is 0 Å². The number of pyridine rings is 1. The molecule has 0 spiro atoms. The van der Waals surface area contributed by atoms with Crippen LogP contribution in [0, 0.1) is 17.5 Å². The number of benzene rings is 2. The van der Waals surface area contributed by atoms with Crippen LogP contribution >= 0.6 is 0 Å². The molecule has 0 aliphatic rings. The van der Waals surface area contributed by atoms with Gasteiger partial charge < -0.3 is 10.5 Å². The third kappa shape index (κ3) is 3.64. The summed E-state index contributed by atoms with van der Waals surface area (Å²) in [5, 5.41) is 0. The summed E-state index contributed by atoms with van der Waals surface area (Å²) in [7, 11) is 0. The number of ether oxygens (including phenoxy) is 1. The van der Waals surface area contributed by atoms with Crippen molar-refractivity contribution in [2.75, 3.05) is 5.73 Å². The molecular formula is C20H17F3N2O. The molecular weight excluding hydrogens is 341 g/mol. The molecule has 0 radical (unpaired) electrons. The minimum atomic E-state index is -1.24. The quantitative estimate of drug-likeness (QED) is 0.632. The van der Waals surface area contributed by atoms with Crippen molar-refractivity contribution in [1.82, 2.24) is 4.98 Å². The molecule has 0 fully saturated rings. The highest BCUT2D eigenvalue weighted by atomic mass is 19.2. The summed E-state index contributed by atoms with van der Waals surface area (Å²) in [5.74, 6) is -2.86. The van der Waals surface area contributed by atoms with E-state index in [1.165, 1.54) is 0 Å². The van der Waals surface area contributed by atoms with Gasteiger partial charge in [-0.2, -0.15) is 0 Å². The molecule has 0 bridgehead atoms. The van der Waals surface area contributed by atoms with E-state index in [2.05, 4.69) is 4.98 Å². The fourth-order valence-electron chi connectivity index (χ4n) is 2.64. The number of nitrogen functional groups attached to an aromatic ring is 1. The predicted molar refractivity (Wildman–Crippen MR) is 94.1 cm³/mol. The maximum atomic E-state index is 14.1. The highest BCUT2D eigenvalue weighted by Crippen LogP contribution is 2.33. The number of halogens is 3. The smallest absolute Gasteiger partial charge is 0.166 e. The van der Waals surface area contributed by atoms with Crippen molar-refractivity contribution in [3.8, 4) is 16.9 Å². The summed E-state index contributed by atoms with van der Waals surface area (Å²) >= 11 is 0. The van der Waals surface area contributed by atoms with Gasteiger partial charge in [-0.1, -0.05) is 37.3 Å². The molecule has 3 nitrogen and oxygen atoms in total. The Kier molecular flexibility index (Phi) is 5.11. The van der Waals surface area contributed by atoms with Crippen LogP contribution in [0.25, 0.3) is 11.1 Å². The second kappa shape index (κ2) is 7.47. The molecule has 1 heterocycles. The van der Waals surface area contributed by atoms with E-state index < -0.39 is 23.6 Å². The fraction of sp³-hybridized carbons (Fsp3) is 0.150. The van der Waals surface area contributed by atoms with E-state index in [0.717, 1.165) is 17.2 Å². The van der Waals surface area contributed by atoms with Crippen LogP contribution in [-0.4, -0.2) is 4.98 Å². The average Bonchev–Trinajstić information content (AvgIpc) is 2.65. The number of hydrogen-bond donors (Lipinski definition) is 1. The molecule has 3 aromatic rings. The molecule has 26 heavy (non-hydrogen) atoms. The van der Waals surface area contributed by atoms with Gasteiger partial charge in [0.25, 0.3) is 0 Å². The van der Waals surface area contributed by atoms with Crippen molar-refractivity contribution in [3.63, 3.8) is 0 Å². The summed E-state index contributed by atoms with van der Waals surface area (Å²) < 4.78 is 46.6. The first kappa shape index (κ1) is 17.8. The molecule has 6 heteroatoms. The van der Waals surface area contributed by atoms with Gasteiger partial charge in [-0.15, -0.1) is 0 Å². The van der Waals surface area contributed by atoms with E-state index in [1.807, 2.05) is 30.3 Å². The Morgan fingerprint density at radius 3 is 2.35 bits per heavy atom. The van der Waals surface area contributed by atoms with Crippen molar-refractivity contribution in [2.45, 2.75) is 19.4 Å². The monoisotopic (exact) mass is 358 g/mol. The van der Waals surface area contributed by atoms with Crippen LogP contribution in [0.2, 0.25) is 0 Å². The molecule has 134 valence electrons. The van der Waals surface area contributed by atoms with E-state index in [9.17, 15) is 13.2 Å². The number of rotatable bonds is 5. The lowest BCUT2D eigenvalue weighted by atomic mass is 10.1. The van der Waals surface area contributed by atoms with Crippen LogP contribution in [-0.2, 0) is 0 Å². The lowest BCUT2D eigenvalue weighted by Crippen LogP contribution is -2.11. The van der Waals surface area contributed by atoms with Gasteiger partial charge in [0.1, 0.15) is 11.9 Å². The van der Waals surface area contributed by atoms with E-state index in [0.29, 0.717) is 12.5 Å². The molecule has 3 rings (SSSR count). The maximum absolute atomic E-state index is 14.1. The lowest BCUT2D eigenvalue weighted by Gasteiger charge is -2.20. The predicted octanol–water partition coefficient (Wildman–Crippen LogP) is 5.28. The first-order valence-corrected chi connectivity index (χ1v) is 8.11. The molecule has 2 aromatic carbocycles. The van der Waals surface area contributed by atoms with E-state index in [4.69, 9.17) is 10.5 Å². The Balaban J connectivity index is 1.95. The summed E-state index contributed by atoms with van der Waals surface area (Å²) in [4.78, 5) is 4.12. The van der Waals surface area contributed by atoms with Gasteiger partial charge >= 0.3 is 0 Å². The Bertz CT molecular complexity index is 916. The second-order valence-corrected chi connectivity index (χ2v) is 5.78. The first-order valence-electron chi connectivity index (χ1n) is 8.11. The van der Waals surface area contributed by atoms with Crippen LogP contribution in [0.4, 0.5) is 19.0 Å². The molecule has 2 N–H and O–H groups in total. The van der Waals surface area contributed by atoms with E-state index >= 15 is 0 Å². The molecule has 1 aromatic heterocycles. The van der Waals surface area contributed by atoms with Gasteiger partial charge in [0.15, 0.2) is 23.2 Å². The summed E-state index contributed by atoms with van der Waals surface area (Å²) in [5.41, 5.74) is 7.49. The molecule has 0 aliphatic carbocycles. The standard InChI is InChI=1S/C20H17F3N2O/c1-2-18(14-9-16(22)17(23)10-15(14)21)26-19-8-13(11-25-20(19)24)12-6-4-3-5-7-12/h3-11,18H,2H2,1H3,(H2,24,25). The topological polar surface area (TPSA) is 48.1 Å². The van der Waals surface area contributed by atoms with Gasteiger partial charge in [-0.05, 0) is 24.1 Å². The number of nitrogens with two attached hydrogens (primary N) is 1.